The number of fused-ring (bicyclic) bond motifs is 1. The number of benzene rings is 2. The molecule has 0 bridgehead atoms. The van der Waals surface area contributed by atoms with Crippen LogP contribution in [0.2, 0.25) is 0 Å². The Balaban J connectivity index is 2.24. The largest absolute Gasteiger partial charge is 0.370 e. The van der Waals surface area contributed by atoms with Gasteiger partial charge in [-0.3, -0.25) is 4.79 Å². The van der Waals surface area contributed by atoms with E-state index in [1.165, 1.54) is 0 Å². The van der Waals surface area contributed by atoms with Crippen LogP contribution in [0.5, 0.6) is 0 Å². The van der Waals surface area contributed by atoms with Crippen molar-refractivity contribution in [2.24, 2.45) is 11.5 Å². The van der Waals surface area contributed by atoms with Crippen LogP contribution in [0.1, 0.15) is 11.6 Å². The van der Waals surface area contributed by atoms with E-state index in [-0.39, 0.29) is 19.3 Å². The van der Waals surface area contributed by atoms with E-state index in [2.05, 4.69) is 15.9 Å². The summed E-state index contributed by atoms with van der Waals surface area (Å²) in [6.07, 6.45) is 0. The standard InChI is InChI=1S/C14H15BrN2O2/c15-12-6-5-11(9-3-1-2-4-10(9)12)13(16)7-19-8-14(17)18/h1-6,13H,7-8,16H2,(H2,17,18). The zero-order valence-electron chi connectivity index (χ0n) is 10.3. The third kappa shape index (κ3) is 3.32. The first-order valence-corrected chi connectivity index (χ1v) is 6.67. The molecule has 1 unspecified atom stereocenters. The van der Waals surface area contributed by atoms with Crippen molar-refractivity contribution in [3.05, 3.63) is 46.4 Å². The average molecular weight is 323 g/mol. The van der Waals surface area contributed by atoms with Crippen LogP contribution in [0.3, 0.4) is 0 Å². The number of nitrogens with two attached hydrogens (primary N) is 2. The van der Waals surface area contributed by atoms with Crippen LogP contribution in [0, 0.1) is 0 Å². The monoisotopic (exact) mass is 322 g/mol. The Kier molecular flexibility index (Phi) is 4.52. The first-order chi connectivity index (χ1) is 9.09. The number of carbonyl (C=O) groups excluding carboxylic acids is 1. The van der Waals surface area contributed by atoms with Crippen LogP contribution in [0.4, 0.5) is 0 Å². The van der Waals surface area contributed by atoms with Crippen molar-refractivity contribution >= 4 is 32.6 Å². The first-order valence-electron chi connectivity index (χ1n) is 5.88. The Bertz CT molecular complexity index is 601. The summed E-state index contributed by atoms with van der Waals surface area (Å²) in [5, 5.41) is 2.18. The lowest BCUT2D eigenvalue weighted by Crippen LogP contribution is -2.23. The summed E-state index contributed by atoms with van der Waals surface area (Å²) in [6, 6.07) is 11.6. The molecule has 0 fully saturated rings. The highest BCUT2D eigenvalue weighted by Crippen LogP contribution is 2.29. The summed E-state index contributed by atoms with van der Waals surface area (Å²) in [5.74, 6) is -0.493. The quantitative estimate of drug-likeness (QED) is 0.884. The summed E-state index contributed by atoms with van der Waals surface area (Å²) >= 11 is 3.52. The lowest BCUT2D eigenvalue weighted by Gasteiger charge is -2.15. The third-order valence-corrected chi connectivity index (χ3v) is 3.54. The van der Waals surface area contributed by atoms with Crippen LogP contribution >= 0.6 is 15.9 Å². The molecule has 4 N–H and O–H groups in total. The van der Waals surface area contributed by atoms with Crippen LogP contribution < -0.4 is 11.5 Å². The predicted octanol–water partition coefficient (Wildman–Crippen LogP) is 2.10. The summed E-state index contributed by atoms with van der Waals surface area (Å²) in [6.45, 7) is 0.150. The Hall–Kier alpha value is -1.43. The summed E-state index contributed by atoms with van der Waals surface area (Å²) in [5.41, 5.74) is 12.1. The van der Waals surface area contributed by atoms with Gasteiger partial charge in [0.25, 0.3) is 0 Å². The van der Waals surface area contributed by atoms with Gasteiger partial charge in [-0.05, 0) is 22.4 Å². The zero-order chi connectivity index (χ0) is 13.8. The minimum atomic E-state index is -0.493. The molecule has 5 heteroatoms. The molecule has 0 radical (unpaired) electrons. The van der Waals surface area contributed by atoms with Gasteiger partial charge in [0.15, 0.2) is 0 Å². The second kappa shape index (κ2) is 6.14. The first kappa shape index (κ1) is 14.0. The molecule has 19 heavy (non-hydrogen) atoms. The van der Waals surface area contributed by atoms with Crippen LogP contribution in [-0.2, 0) is 9.53 Å². The maximum Gasteiger partial charge on any atom is 0.243 e. The second-order valence-electron chi connectivity index (χ2n) is 4.27. The summed E-state index contributed by atoms with van der Waals surface area (Å²) in [4.78, 5) is 10.6. The second-order valence-corrected chi connectivity index (χ2v) is 5.12. The molecule has 0 spiro atoms. The molecule has 2 rings (SSSR count). The molecule has 1 amide bonds. The van der Waals surface area contributed by atoms with Crippen molar-refractivity contribution in [1.82, 2.24) is 0 Å². The molecule has 4 nitrogen and oxygen atoms in total. The number of rotatable bonds is 5. The summed E-state index contributed by atoms with van der Waals surface area (Å²) < 4.78 is 6.20. The Morgan fingerprint density at radius 1 is 1.21 bits per heavy atom. The zero-order valence-corrected chi connectivity index (χ0v) is 11.9. The number of amides is 1. The fraction of sp³-hybridized carbons (Fsp3) is 0.214. The Morgan fingerprint density at radius 2 is 1.89 bits per heavy atom. The molecule has 0 aromatic heterocycles. The number of ether oxygens (including phenoxy) is 1. The average Bonchev–Trinajstić information content (AvgIpc) is 2.39. The molecule has 100 valence electrons. The SMILES string of the molecule is NC(=O)COCC(N)c1ccc(Br)c2ccccc12. The Labute approximate surface area is 119 Å². The van der Waals surface area contributed by atoms with E-state index in [0.717, 1.165) is 20.8 Å². The van der Waals surface area contributed by atoms with Gasteiger partial charge in [-0.2, -0.15) is 0 Å². The number of hydrogen-bond acceptors (Lipinski definition) is 3. The minimum Gasteiger partial charge on any atom is -0.370 e. The van der Waals surface area contributed by atoms with Gasteiger partial charge in [0, 0.05) is 4.47 Å². The molecule has 2 aromatic carbocycles. The number of halogens is 1. The molecule has 0 saturated carbocycles. The number of carbonyl (C=O) groups is 1. The van der Waals surface area contributed by atoms with E-state index in [1.54, 1.807) is 0 Å². The lowest BCUT2D eigenvalue weighted by molar-refractivity contribution is -0.122. The number of primary amides is 1. The van der Waals surface area contributed by atoms with Gasteiger partial charge in [-0.25, -0.2) is 0 Å². The minimum absolute atomic E-state index is 0.109. The van der Waals surface area contributed by atoms with E-state index < -0.39 is 5.91 Å². The molecule has 0 aliphatic heterocycles. The van der Waals surface area contributed by atoms with Crippen LogP contribution in [0.25, 0.3) is 10.8 Å². The van der Waals surface area contributed by atoms with Gasteiger partial charge in [0.05, 0.1) is 12.6 Å². The third-order valence-electron chi connectivity index (χ3n) is 2.85. The lowest BCUT2D eigenvalue weighted by atomic mass is 10.00. The van der Waals surface area contributed by atoms with Crippen LogP contribution in [-0.4, -0.2) is 19.1 Å². The van der Waals surface area contributed by atoms with Crippen LogP contribution in [0.15, 0.2) is 40.9 Å². The fourth-order valence-corrected chi connectivity index (χ4v) is 2.46. The molecule has 0 aliphatic rings. The van der Waals surface area contributed by atoms with Crippen molar-refractivity contribution in [3.63, 3.8) is 0 Å². The number of hydrogen-bond donors (Lipinski definition) is 2. The van der Waals surface area contributed by atoms with E-state index in [0.29, 0.717) is 0 Å². The highest BCUT2D eigenvalue weighted by molar-refractivity contribution is 9.10. The van der Waals surface area contributed by atoms with E-state index in [4.69, 9.17) is 16.2 Å². The molecule has 1 atom stereocenters. The van der Waals surface area contributed by atoms with Crippen molar-refractivity contribution in [2.45, 2.75) is 6.04 Å². The van der Waals surface area contributed by atoms with Gasteiger partial charge < -0.3 is 16.2 Å². The molecular formula is C14H15BrN2O2. The van der Waals surface area contributed by atoms with Gasteiger partial charge >= 0.3 is 0 Å². The van der Waals surface area contributed by atoms with Crippen molar-refractivity contribution in [1.29, 1.82) is 0 Å². The highest BCUT2D eigenvalue weighted by atomic mass is 79.9. The van der Waals surface area contributed by atoms with Gasteiger partial charge in [-0.15, -0.1) is 0 Å². The predicted molar refractivity (Wildman–Crippen MR) is 78.6 cm³/mol. The van der Waals surface area contributed by atoms with Crippen molar-refractivity contribution in [2.75, 3.05) is 13.2 Å². The van der Waals surface area contributed by atoms with Gasteiger partial charge in [0.1, 0.15) is 6.61 Å². The van der Waals surface area contributed by atoms with E-state index in [9.17, 15) is 4.79 Å². The maximum absolute atomic E-state index is 10.6. The molecular weight excluding hydrogens is 308 g/mol. The Morgan fingerprint density at radius 3 is 2.58 bits per heavy atom. The van der Waals surface area contributed by atoms with Gasteiger partial charge in [-0.1, -0.05) is 46.3 Å². The topological polar surface area (TPSA) is 78.3 Å². The van der Waals surface area contributed by atoms with Gasteiger partial charge in [0.2, 0.25) is 5.91 Å². The van der Waals surface area contributed by atoms with Crippen molar-refractivity contribution < 1.29 is 9.53 Å². The fourth-order valence-electron chi connectivity index (χ4n) is 1.99. The van der Waals surface area contributed by atoms with E-state index in [1.807, 2.05) is 36.4 Å². The molecule has 0 aliphatic carbocycles. The highest BCUT2D eigenvalue weighted by Gasteiger charge is 2.11. The smallest absolute Gasteiger partial charge is 0.243 e. The van der Waals surface area contributed by atoms with E-state index >= 15 is 0 Å². The molecule has 2 aromatic rings. The molecule has 0 heterocycles. The normalized spacial score (nSPS) is 12.5. The van der Waals surface area contributed by atoms with Crippen molar-refractivity contribution in [3.8, 4) is 0 Å². The maximum atomic E-state index is 10.6. The summed E-state index contributed by atoms with van der Waals surface area (Å²) in [7, 11) is 0. The molecule has 0 saturated heterocycles.